The van der Waals surface area contributed by atoms with Crippen molar-refractivity contribution in [1.82, 2.24) is 24.9 Å². The molecule has 0 unspecified atom stereocenters. The second kappa shape index (κ2) is 10.6. The van der Waals surface area contributed by atoms with Crippen LogP contribution in [0.15, 0.2) is 12.3 Å². The quantitative estimate of drug-likeness (QED) is 0.630. The number of hydrogen-bond acceptors (Lipinski definition) is 5. The first-order valence-electron chi connectivity index (χ1n) is 11.2. The van der Waals surface area contributed by atoms with Gasteiger partial charge in [-0.15, -0.1) is 0 Å². The molecule has 0 saturated carbocycles. The molecule has 0 aliphatic carbocycles. The molecule has 2 bridgehead atoms. The second-order valence-corrected chi connectivity index (χ2v) is 8.87. The van der Waals surface area contributed by atoms with Crippen molar-refractivity contribution < 1.29 is 24.3 Å². The van der Waals surface area contributed by atoms with Gasteiger partial charge in [0.25, 0.3) is 6.47 Å². The van der Waals surface area contributed by atoms with Crippen LogP contribution < -0.4 is 5.32 Å². The zero-order valence-corrected chi connectivity index (χ0v) is 18.8. The summed E-state index contributed by atoms with van der Waals surface area (Å²) in [5.41, 5.74) is 1.06. The summed E-state index contributed by atoms with van der Waals surface area (Å²) in [4.78, 5) is 49.6. The van der Waals surface area contributed by atoms with Gasteiger partial charge in [0, 0.05) is 64.4 Å². The highest BCUT2D eigenvalue weighted by Crippen LogP contribution is 2.41. The number of aryl methyl sites for hydroxylation is 2. The van der Waals surface area contributed by atoms with Gasteiger partial charge in [-0.05, 0) is 43.6 Å². The van der Waals surface area contributed by atoms with Crippen molar-refractivity contribution in [2.75, 3.05) is 19.6 Å². The molecule has 10 nitrogen and oxygen atoms in total. The van der Waals surface area contributed by atoms with Crippen LogP contribution in [0.25, 0.3) is 0 Å². The number of amides is 3. The van der Waals surface area contributed by atoms with Gasteiger partial charge in [0.15, 0.2) is 0 Å². The van der Waals surface area contributed by atoms with E-state index in [1.165, 1.54) is 6.92 Å². The molecule has 3 aliphatic heterocycles. The fourth-order valence-electron chi connectivity index (χ4n) is 5.53. The topological polar surface area (TPSA) is 125 Å². The van der Waals surface area contributed by atoms with Crippen molar-refractivity contribution in [2.24, 2.45) is 18.9 Å². The number of aromatic nitrogens is 2. The van der Waals surface area contributed by atoms with Crippen LogP contribution in [0.2, 0.25) is 0 Å². The van der Waals surface area contributed by atoms with Gasteiger partial charge in [-0.1, -0.05) is 0 Å². The maximum Gasteiger partial charge on any atom is 0.290 e. The SMILES string of the molecule is CC(=O)NC[C@H]1[C@H]2C[C@H](CN(C(=O)CCc3ccnn3C)C2)[C@@H]2CCCC(=O)N21.O=CO. The van der Waals surface area contributed by atoms with Gasteiger partial charge >= 0.3 is 0 Å². The van der Waals surface area contributed by atoms with E-state index in [0.717, 1.165) is 31.5 Å². The number of carboxylic acid groups (broad SMARTS) is 1. The zero-order chi connectivity index (χ0) is 23.3. The Bertz CT molecular complexity index is 840. The molecule has 4 rings (SSSR count). The average molecular weight is 448 g/mol. The van der Waals surface area contributed by atoms with E-state index < -0.39 is 0 Å². The Hall–Kier alpha value is -2.91. The van der Waals surface area contributed by atoms with Crippen LogP contribution in [0, 0.1) is 11.8 Å². The van der Waals surface area contributed by atoms with E-state index in [1.807, 2.05) is 22.7 Å². The fourth-order valence-corrected chi connectivity index (χ4v) is 5.53. The minimum atomic E-state index is -0.250. The van der Waals surface area contributed by atoms with Gasteiger partial charge in [0.2, 0.25) is 17.7 Å². The first-order valence-corrected chi connectivity index (χ1v) is 11.2. The highest BCUT2D eigenvalue weighted by molar-refractivity contribution is 5.79. The highest BCUT2D eigenvalue weighted by Gasteiger charge is 2.49. The fraction of sp³-hybridized carbons (Fsp3) is 0.682. The largest absolute Gasteiger partial charge is 0.483 e. The van der Waals surface area contributed by atoms with Gasteiger partial charge in [-0.2, -0.15) is 5.10 Å². The van der Waals surface area contributed by atoms with Gasteiger partial charge in [-0.25, -0.2) is 0 Å². The van der Waals surface area contributed by atoms with E-state index in [2.05, 4.69) is 15.3 Å². The zero-order valence-electron chi connectivity index (χ0n) is 18.8. The maximum atomic E-state index is 13.0. The Morgan fingerprint density at radius 1 is 1.31 bits per heavy atom. The van der Waals surface area contributed by atoms with E-state index in [1.54, 1.807) is 6.20 Å². The lowest BCUT2D eigenvalue weighted by atomic mass is 9.72. The standard InChI is InChI=1S/C21H31N5O3.CH2O2/c1-14(27)22-11-19-16-10-15(18-4-3-5-21(29)26(18)19)12-25(13-16)20(28)7-6-17-8-9-23-24(17)2;2-1-3/h8-9,15-16,18-19H,3-7,10-13H2,1-2H3,(H,22,27);1H,(H,2,3)/t15-,16+,18+,19+;/m1./s1. The Labute approximate surface area is 187 Å². The molecule has 32 heavy (non-hydrogen) atoms. The predicted molar refractivity (Wildman–Crippen MR) is 115 cm³/mol. The summed E-state index contributed by atoms with van der Waals surface area (Å²) < 4.78 is 1.81. The van der Waals surface area contributed by atoms with Gasteiger partial charge in [0.1, 0.15) is 0 Å². The van der Waals surface area contributed by atoms with Gasteiger partial charge in [0.05, 0.1) is 6.04 Å². The third kappa shape index (κ3) is 5.28. The first-order chi connectivity index (χ1) is 15.3. The monoisotopic (exact) mass is 447 g/mol. The van der Waals surface area contributed by atoms with Crippen molar-refractivity contribution in [1.29, 1.82) is 0 Å². The molecule has 3 amide bonds. The maximum absolute atomic E-state index is 13.0. The molecular weight excluding hydrogens is 414 g/mol. The summed E-state index contributed by atoms with van der Waals surface area (Å²) in [5, 5.41) is 14.0. The van der Waals surface area contributed by atoms with Crippen molar-refractivity contribution in [3.8, 4) is 0 Å². The molecule has 10 heteroatoms. The van der Waals surface area contributed by atoms with Crippen LogP contribution in [0.5, 0.6) is 0 Å². The summed E-state index contributed by atoms with van der Waals surface area (Å²) in [6.45, 7) is 3.14. The molecule has 4 atom stereocenters. The summed E-state index contributed by atoms with van der Waals surface area (Å²) in [5.74, 6) is 0.872. The summed E-state index contributed by atoms with van der Waals surface area (Å²) in [7, 11) is 1.90. The molecule has 3 saturated heterocycles. The van der Waals surface area contributed by atoms with E-state index in [0.29, 0.717) is 38.3 Å². The average Bonchev–Trinajstić information content (AvgIpc) is 3.17. The van der Waals surface area contributed by atoms with Gasteiger partial charge < -0.3 is 20.2 Å². The predicted octanol–water partition coefficient (Wildman–Crippen LogP) is 0.418. The molecule has 0 spiro atoms. The first kappa shape index (κ1) is 23.7. The van der Waals surface area contributed by atoms with E-state index in [4.69, 9.17) is 9.90 Å². The molecule has 1 aromatic heterocycles. The lowest BCUT2D eigenvalue weighted by Gasteiger charge is -2.56. The van der Waals surface area contributed by atoms with Crippen LogP contribution in [-0.2, 0) is 32.6 Å². The number of hydrogen-bond donors (Lipinski definition) is 2. The Morgan fingerprint density at radius 3 is 2.69 bits per heavy atom. The third-order valence-corrected chi connectivity index (χ3v) is 6.93. The number of carbonyl (C=O) groups is 4. The van der Waals surface area contributed by atoms with E-state index in [-0.39, 0.29) is 42.2 Å². The Morgan fingerprint density at radius 2 is 2.03 bits per heavy atom. The van der Waals surface area contributed by atoms with Gasteiger partial charge in [-0.3, -0.25) is 23.9 Å². The number of likely N-dealkylation sites (tertiary alicyclic amines) is 1. The lowest BCUT2D eigenvalue weighted by molar-refractivity contribution is -0.156. The summed E-state index contributed by atoms with van der Waals surface area (Å²) in [6, 6.07) is 2.13. The molecule has 3 fully saturated rings. The number of nitrogens with zero attached hydrogens (tertiary/aromatic N) is 4. The van der Waals surface area contributed by atoms with Crippen molar-refractivity contribution in [3.05, 3.63) is 18.0 Å². The molecule has 4 heterocycles. The highest BCUT2D eigenvalue weighted by atomic mass is 16.3. The van der Waals surface area contributed by atoms with Crippen LogP contribution in [-0.4, -0.2) is 80.6 Å². The minimum absolute atomic E-state index is 0.0133. The molecule has 3 aliphatic rings. The Balaban J connectivity index is 0.000000913. The molecule has 0 radical (unpaired) electrons. The number of piperidine rings is 3. The number of nitrogens with one attached hydrogen (secondary N) is 1. The van der Waals surface area contributed by atoms with Crippen LogP contribution in [0.3, 0.4) is 0 Å². The molecule has 0 aromatic carbocycles. The van der Waals surface area contributed by atoms with Crippen LogP contribution in [0.1, 0.15) is 44.7 Å². The minimum Gasteiger partial charge on any atom is -0.483 e. The summed E-state index contributed by atoms with van der Waals surface area (Å²) >= 11 is 0. The van der Waals surface area contributed by atoms with Crippen LogP contribution >= 0.6 is 0 Å². The van der Waals surface area contributed by atoms with Crippen LogP contribution in [0.4, 0.5) is 0 Å². The number of carbonyl (C=O) groups excluding carboxylic acids is 3. The lowest BCUT2D eigenvalue weighted by Crippen LogP contribution is -2.67. The van der Waals surface area contributed by atoms with E-state index >= 15 is 0 Å². The smallest absolute Gasteiger partial charge is 0.290 e. The van der Waals surface area contributed by atoms with Crippen molar-refractivity contribution in [3.63, 3.8) is 0 Å². The Kier molecular flexibility index (Phi) is 7.87. The molecule has 1 aromatic rings. The molecular formula is C22H33N5O5. The molecule has 2 N–H and O–H groups in total. The van der Waals surface area contributed by atoms with Crippen molar-refractivity contribution >= 4 is 24.2 Å². The van der Waals surface area contributed by atoms with Crippen molar-refractivity contribution in [2.45, 2.75) is 57.5 Å². The number of fused-ring (bicyclic) bond motifs is 4. The third-order valence-electron chi connectivity index (χ3n) is 6.93. The second-order valence-electron chi connectivity index (χ2n) is 8.87. The molecule has 176 valence electrons. The number of rotatable bonds is 5. The normalized spacial score (nSPS) is 26.5. The van der Waals surface area contributed by atoms with E-state index in [9.17, 15) is 14.4 Å². The summed E-state index contributed by atoms with van der Waals surface area (Å²) in [6.07, 6.45) is 6.46.